The predicted molar refractivity (Wildman–Crippen MR) is 97.5 cm³/mol. The van der Waals surface area contributed by atoms with Crippen LogP contribution in [0, 0.1) is 13.8 Å². The Labute approximate surface area is 153 Å². The Morgan fingerprint density at radius 1 is 1.19 bits per heavy atom. The molecule has 1 aliphatic rings. The van der Waals surface area contributed by atoms with Crippen molar-refractivity contribution in [2.45, 2.75) is 53.0 Å². The van der Waals surface area contributed by atoms with Gasteiger partial charge in [0.05, 0.1) is 18.7 Å². The number of ether oxygens (including phenoxy) is 1. The minimum absolute atomic E-state index is 0.640. The van der Waals surface area contributed by atoms with Crippen molar-refractivity contribution in [2.75, 3.05) is 6.61 Å². The Kier molecular flexibility index (Phi) is 4.49. The van der Waals surface area contributed by atoms with Crippen LogP contribution in [0.4, 0.5) is 0 Å². The van der Waals surface area contributed by atoms with E-state index in [1.807, 2.05) is 11.6 Å². The Bertz CT molecular complexity index is 926. The first kappa shape index (κ1) is 16.8. The lowest BCUT2D eigenvalue weighted by Crippen LogP contribution is -2.00. The van der Waals surface area contributed by atoms with Gasteiger partial charge in [-0.2, -0.15) is 10.1 Å². The summed E-state index contributed by atoms with van der Waals surface area (Å²) >= 11 is 0. The molecule has 1 aliphatic heterocycles. The standard InChI is InChI=1S/C20H24N4O2/c1-4-24-14(3)17(13(2)22-24)12-20-21-19(23-26-20)8-6-15-5-7-18-16(11-15)9-10-25-18/h5,7,11H,4,6,8-10,12H2,1-3H3. The quantitative estimate of drug-likeness (QED) is 0.681. The van der Waals surface area contributed by atoms with Gasteiger partial charge in [-0.1, -0.05) is 17.3 Å². The van der Waals surface area contributed by atoms with Crippen molar-refractivity contribution in [3.05, 3.63) is 58.0 Å². The van der Waals surface area contributed by atoms with E-state index < -0.39 is 0 Å². The van der Waals surface area contributed by atoms with Gasteiger partial charge in [0, 0.05) is 30.6 Å². The van der Waals surface area contributed by atoms with Gasteiger partial charge in [0.25, 0.3) is 0 Å². The largest absolute Gasteiger partial charge is 0.493 e. The monoisotopic (exact) mass is 352 g/mol. The minimum Gasteiger partial charge on any atom is -0.493 e. The molecule has 1 aromatic carbocycles. The van der Waals surface area contributed by atoms with Crippen LogP contribution in [-0.4, -0.2) is 26.5 Å². The van der Waals surface area contributed by atoms with E-state index >= 15 is 0 Å². The van der Waals surface area contributed by atoms with Crippen molar-refractivity contribution >= 4 is 0 Å². The highest BCUT2D eigenvalue weighted by molar-refractivity contribution is 5.40. The first-order chi connectivity index (χ1) is 12.6. The smallest absolute Gasteiger partial charge is 0.231 e. The molecule has 6 nitrogen and oxygen atoms in total. The summed E-state index contributed by atoms with van der Waals surface area (Å²) in [5.74, 6) is 2.44. The summed E-state index contributed by atoms with van der Waals surface area (Å²) in [5.41, 5.74) is 5.97. The molecule has 0 atom stereocenters. The summed E-state index contributed by atoms with van der Waals surface area (Å²) in [4.78, 5) is 4.57. The maximum atomic E-state index is 5.56. The maximum Gasteiger partial charge on any atom is 0.231 e. The predicted octanol–water partition coefficient (Wildman–Crippen LogP) is 3.21. The van der Waals surface area contributed by atoms with E-state index in [9.17, 15) is 0 Å². The third kappa shape index (κ3) is 3.23. The van der Waals surface area contributed by atoms with E-state index in [-0.39, 0.29) is 0 Å². The second-order valence-electron chi connectivity index (χ2n) is 6.79. The van der Waals surface area contributed by atoms with Gasteiger partial charge in [0.1, 0.15) is 5.75 Å². The first-order valence-corrected chi connectivity index (χ1v) is 9.23. The van der Waals surface area contributed by atoms with E-state index in [1.54, 1.807) is 0 Å². The summed E-state index contributed by atoms with van der Waals surface area (Å²) in [7, 11) is 0. The molecule has 0 amide bonds. The highest BCUT2D eigenvalue weighted by atomic mass is 16.5. The van der Waals surface area contributed by atoms with E-state index in [2.05, 4.69) is 47.3 Å². The number of fused-ring (bicyclic) bond motifs is 1. The molecule has 26 heavy (non-hydrogen) atoms. The van der Waals surface area contributed by atoms with Crippen molar-refractivity contribution in [1.82, 2.24) is 19.9 Å². The van der Waals surface area contributed by atoms with Gasteiger partial charge in [-0.25, -0.2) is 0 Å². The van der Waals surface area contributed by atoms with Crippen LogP contribution in [-0.2, 0) is 32.2 Å². The first-order valence-electron chi connectivity index (χ1n) is 9.23. The van der Waals surface area contributed by atoms with Crippen LogP contribution in [0.5, 0.6) is 5.75 Å². The lowest BCUT2D eigenvalue weighted by Gasteiger charge is -2.02. The second-order valence-corrected chi connectivity index (χ2v) is 6.79. The van der Waals surface area contributed by atoms with Crippen LogP contribution in [0.1, 0.15) is 46.7 Å². The maximum absolute atomic E-state index is 5.56. The number of aromatic nitrogens is 4. The number of aryl methyl sites for hydroxylation is 4. The molecule has 0 saturated heterocycles. The molecule has 0 radical (unpaired) electrons. The molecule has 0 aliphatic carbocycles. The Morgan fingerprint density at radius 3 is 2.88 bits per heavy atom. The van der Waals surface area contributed by atoms with E-state index in [0.717, 1.165) is 49.7 Å². The molecule has 4 rings (SSSR count). The SMILES string of the molecule is CCn1nc(C)c(Cc2nc(CCc3ccc4c(c3)CCO4)no2)c1C. The Morgan fingerprint density at radius 2 is 2.08 bits per heavy atom. The van der Waals surface area contributed by atoms with Crippen LogP contribution in [0.2, 0.25) is 0 Å². The number of nitrogens with zero attached hydrogens (tertiary/aromatic N) is 4. The second kappa shape index (κ2) is 6.94. The van der Waals surface area contributed by atoms with Gasteiger partial charge in [0.2, 0.25) is 5.89 Å². The molecule has 3 aromatic rings. The third-order valence-corrected chi connectivity index (χ3v) is 5.06. The summed E-state index contributed by atoms with van der Waals surface area (Å²) in [6.45, 7) is 7.88. The van der Waals surface area contributed by atoms with Gasteiger partial charge in [0.15, 0.2) is 5.82 Å². The van der Waals surface area contributed by atoms with Crippen LogP contribution < -0.4 is 4.74 Å². The Balaban J connectivity index is 1.41. The average Bonchev–Trinajstić information content (AvgIpc) is 3.35. The molecule has 2 aromatic heterocycles. The lowest BCUT2D eigenvalue weighted by atomic mass is 10.0. The number of rotatable bonds is 6. The van der Waals surface area contributed by atoms with Crippen molar-refractivity contribution in [2.24, 2.45) is 0 Å². The van der Waals surface area contributed by atoms with Crippen LogP contribution >= 0.6 is 0 Å². The van der Waals surface area contributed by atoms with Crippen LogP contribution in [0.3, 0.4) is 0 Å². The molecule has 0 N–H and O–H groups in total. The normalized spacial score (nSPS) is 13.0. The van der Waals surface area contributed by atoms with E-state index in [0.29, 0.717) is 12.3 Å². The zero-order valence-electron chi connectivity index (χ0n) is 15.6. The van der Waals surface area contributed by atoms with Gasteiger partial charge < -0.3 is 9.26 Å². The number of hydrogen-bond acceptors (Lipinski definition) is 5. The van der Waals surface area contributed by atoms with Crippen molar-refractivity contribution in [3.8, 4) is 5.75 Å². The third-order valence-electron chi connectivity index (χ3n) is 5.06. The summed E-state index contributed by atoms with van der Waals surface area (Å²) < 4.78 is 13.0. The number of hydrogen-bond donors (Lipinski definition) is 0. The van der Waals surface area contributed by atoms with Gasteiger partial charge in [-0.05, 0) is 44.4 Å². The highest BCUT2D eigenvalue weighted by Gasteiger charge is 2.16. The van der Waals surface area contributed by atoms with Crippen molar-refractivity contribution in [3.63, 3.8) is 0 Å². The zero-order chi connectivity index (χ0) is 18.1. The van der Waals surface area contributed by atoms with Crippen LogP contribution in [0.15, 0.2) is 22.7 Å². The topological polar surface area (TPSA) is 66.0 Å². The van der Waals surface area contributed by atoms with Gasteiger partial charge in [-0.3, -0.25) is 4.68 Å². The van der Waals surface area contributed by atoms with Crippen LogP contribution in [0.25, 0.3) is 0 Å². The average molecular weight is 352 g/mol. The summed E-state index contributed by atoms with van der Waals surface area (Å²) in [6, 6.07) is 6.42. The number of benzene rings is 1. The molecular weight excluding hydrogens is 328 g/mol. The van der Waals surface area contributed by atoms with Gasteiger partial charge in [-0.15, -0.1) is 0 Å². The van der Waals surface area contributed by atoms with E-state index in [4.69, 9.17) is 9.26 Å². The fraction of sp³-hybridized carbons (Fsp3) is 0.450. The van der Waals surface area contributed by atoms with Crippen molar-refractivity contribution in [1.29, 1.82) is 0 Å². The minimum atomic E-state index is 0.640. The molecular formula is C20H24N4O2. The summed E-state index contributed by atoms with van der Waals surface area (Å²) in [6.07, 6.45) is 3.31. The molecule has 0 bridgehead atoms. The Hall–Kier alpha value is -2.63. The van der Waals surface area contributed by atoms with Gasteiger partial charge >= 0.3 is 0 Å². The van der Waals surface area contributed by atoms with E-state index in [1.165, 1.54) is 22.4 Å². The summed E-state index contributed by atoms with van der Waals surface area (Å²) in [5, 5.41) is 8.70. The fourth-order valence-corrected chi connectivity index (χ4v) is 3.56. The fourth-order valence-electron chi connectivity index (χ4n) is 3.56. The lowest BCUT2D eigenvalue weighted by molar-refractivity contribution is 0.357. The zero-order valence-corrected chi connectivity index (χ0v) is 15.6. The van der Waals surface area contributed by atoms with Crippen molar-refractivity contribution < 1.29 is 9.26 Å². The highest BCUT2D eigenvalue weighted by Crippen LogP contribution is 2.26. The molecule has 0 unspecified atom stereocenters. The molecule has 0 saturated carbocycles. The molecule has 0 fully saturated rings. The molecule has 6 heteroatoms. The molecule has 136 valence electrons. The molecule has 3 heterocycles. The molecule has 0 spiro atoms.